The van der Waals surface area contributed by atoms with E-state index in [4.69, 9.17) is 9.47 Å². The SMILES string of the molecule is C=CC[C@](C)(C(=O)OC)[C@H](O)COCCCC. The van der Waals surface area contributed by atoms with Crippen LogP contribution in [0.3, 0.4) is 0 Å². The second-order valence-corrected chi connectivity index (χ2v) is 4.35. The summed E-state index contributed by atoms with van der Waals surface area (Å²) < 4.78 is 10.0. The van der Waals surface area contributed by atoms with Crippen molar-refractivity contribution in [1.82, 2.24) is 0 Å². The monoisotopic (exact) mass is 244 g/mol. The highest BCUT2D eigenvalue weighted by Crippen LogP contribution is 2.28. The molecule has 0 bridgehead atoms. The van der Waals surface area contributed by atoms with Crippen molar-refractivity contribution in [3.05, 3.63) is 12.7 Å². The van der Waals surface area contributed by atoms with Gasteiger partial charge >= 0.3 is 5.97 Å². The number of hydrogen-bond acceptors (Lipinski definition) is 4. The van der Waals surface area contributed by atoms with E-state index in [2.05, 4.69) is 13.5 Å². The lowest BCUT2D eigenvalue weighted by Gasteiger charge is -2.30. The Kier molecular flexibility index (Phi) is 7.83. The summed E-state index contributed by atoms with van der Waals surface area (Å²) in [4.78, 5) is 11.7. The lowest BCUT2D eigenvalue weighted by atomic mass is 9.81. The molecule has 0 unspecified atom stereocenters. The number of carbonyl (C=O) groups excluding carboxylic acids is 1. The van der Waals surface area contributed by atoms with Gasteiger partial charge in [-0.25, -0.2) is 0 Å². The van der Waals surface area contributed by atoms with E-state index in [1.165, 1.54) is 7.11 Å². The third-order valence-corrected chi connectivity index (χ3v) is 2.87. The zero-order valence-electron chi connectivity index (χ0n) is 11.1. The van der Waals surface area contributed by atoms with Crippen molar-refractivity contribution < 1.29 is 19.4 Å². The highest BCUT2D eigenvalue weighted by atomic mass is 16.5. The number of aliphatic hydroxyl groups excluding tert-OH is 1. The van der Waals surface area contributed by atoms with Gasteiger partial charge in [0.05, 0.1) is 25.2 Å². The van der Waals surface area contributed by atoms with E-state index >= 15 is 0 Å². The van der Waals surface area contributed by atoms with Gasteiger partial charge in [0.1, 0.15) is 0 Å². The number of esters is 1. The predicted octanol–water partition coefficient (Wildman–Crippen LogP) is 1.92. The summed E-state index contributed by atoms with van der Waals surface area (Å²) in [6.45, 7) is 8.06. The molecule has 0 aromatic carbocycles. The van der Waals surface area contributed by atoms with Crippen molar-refractivity contribution in [3.63, 3.8) is 0 Å². The molecule has 0 saturated heterocycles. The van der Waals surface area contributed by atoms with Gasteiger partial charge in [-0.1, -0.05) is 19.4 Å². The summed E-state index contributed by atoms with van der Waals surface area (Å²) in [5.74, 6) is -0.441. The molecule has 0 aliphatic rings. The minimum atomic E-state index is -0.983. The van der Waals surface area contributed by atoms with Crippen molar-refractivity contribution >= 4 is 5.97 Å². The van der Waals surface area contributed by atoms with Crippen LogP contribution in [0.15, 0.2) is 12.7 Å². The molecule has 0 rings (SSSR count). The van der Waals surface area contributed by atoms with E-state index in [-0.39, 0.29) is 6.61 Å². The third kappa shape index (κ3) is 4.88. The summed E-state index contributed by atoms with van der Waals surface area (Å²) in [5.41, 5.74) is -0.983. The number of methoxy groups -OCH3 is 1. The Morgan fingerprint density at radius 1 is 1.59 bits per heavy atom. The van der Waals surface area contributed by atoms with Crippen LogP contribution in [0.25, 0.3) is 0 Å². The van der Waals surface area contributed by atoms with Crippen molar-refractivity contribution in [2.24, 2.45) is 5.41 Å². The Morgan fingerprint density at radius 3 is 2.71 bits per heavy atom. The smallest absolute Gasteiger partial charge is 0.314 e. The van der Waals surface area contributed by atoms with Gasteiger partial charge in [0.2, 0.25) is 0 Å². The first-order valence-corrected chi connectivity index (χ1v) is 5.98. The molecule has 2 atom stereocenters. The first-order chi connectivity index (χ1) is 8.02. The zero-order valence-corrected chi connectivity index (χ0v) is 11.1. The minimum absolute atomic E-state index is 0.138. The Labute approximate surface area is 104 Å². The Bertz CT molecular complexity index is 240. The molecule has 0 aromatic heterocycles. The molecular weight excluding hydrogens is 220 g/mol. The molecule has 4 nitrogen and oxygen atoms in total. The number of hydrogen-bond donors (Lipinski definition) is 1. The molecule has 0 saturated carbocycles. The van der Waals surface area contributed by atoms with Gasteiger partial charge in [0.15, 0.2) is 0 Å². The fourth-order valence-corrected chi connectivity index (χ4v) is 1.51. The van der Waals surface area contributed by atoms with Crippen LogP contribution in [0.2, 0.25) is 0 Å². The second kappa shape index (κ2) is 8.25. The molecule has 17 heavy (non-hydrogen) atoms. The number of allylic oxidation sites excluding steroid dienone is 1. The molecule has 0 fully saturated rings. The van der Waals surface area contributed by atoms with Crippen molar-refractivity contribution in [2.75, 3.05) is 20.3 Å². The largest absolute Gasteiger partial charge is 0.469 e. The van der Waals surface area contributed by atoms with Gasteiger partial charge in [-0.2, -0.15) is 0 Å². The fourth-order valence-electron chi connectivity index (χ4n) is 1.51. The van der Waals surface area contributed by atoms with E-state index < -0.39 is 17.5 Å². The quantitative estimate of drug-likeness (QED) is 0.382. The van der Waals surface area contributed by atoms with Crippen LogP contribution in [-0.2, 0) is 14.3 Å². The molecule has 0 amide bonds. The first kappa shape index (κ1) is 16.1. The van der Waals surface area contributed by atoms with Crippen LogP contribution < -0.4 is 0 Å². The van der Waals surface area contributed by atoms with Gasteiger partial charge in [-0.3, -0.25) is 4.79 Å². The second-order valence-electron chi connectivity index (χ2n) is 4.35. The third-order valence-electron chi connectivity index (χ3n) is 2.87. The summed E-state index contributed by atoms with van der Waals surface area (Å²) >= 11 is 0. The van der Waals surface area contributed by atoms with E-state index in [0.29, 0.717) is 13.0 Å². The molecule has 0 radical (unpaired) electrons. The lowest BCUT2D eigenvalue weighted by Crippen LogP contribution is -2.43. The molecule has 0 aliphatic carbocycles. The molecule has 0 heterocycles. The number of ether oxygens (including phenoxy) is 2. The van der Waals surface area contributed by atoms with Gasteiger partial charge in [0.25, 0.3) is 0 Å². The van der Waals surface area contributed by atoms with Gasteiger partial charge in [0, 0.05) is 6.61 Å². The zero-order chi connectivity index (χ0) is 13.3. The van der Waals surface area contributed by atoms with Crippen molar-refractivity contribution in [1.29, 1.82) is 0 Å². The first-order valence-electron chi connectivity index (χ1n) is 5.98. The number of rotatable bonds is 9. The van der Waals surface area contributed by atoms with Crippen LogP contribution in [0.4, 0.5) is 0 Å². The summed E-state index contributed by atoms with van der Waals surface area (Å²) in [5, 5.41) is 10.0. The van der Waals surface area contributed by atoms with Crippen molar-refractivity contribution in [3.8, 4) is 0 Å². The number of carbonyl (C=O) groups is 1. The fraction of sp³-hybridized carbons (Fsp3) is 0.769. The molecule has 4 heteroatoms. The average molecular weight is 244 g/mol. The van der Waals surface area contributed by atoms with E-state index in [1.807, 2.05) is 0 Å². The van der Waals surface area contributed by atoms with Crippen LogP contribution in [-0.4, -0.2) is 37.5 Å². The summed E-state index contributed by atoms with van der Waals surface area (Å²) in [7, 11) is 1.31. The molecule has 0 aliphatic heterocycles. The van der Waals surface area contributed by atoms with Crippen LogP contribution in [0.1, 0.15) is 33.1 Å². The summed E-state index contributed by atoms with van der Waals surface area (Å²) in [6, 6.07) is 0. The van der Waals surface area contributed by atoms with Crippen LogP contribution in [0, 0.1) is 5.41 Å². The minimum Gasteiger partial charge on any atom is -0.469 e. The molecule has 1 N–H and O–H groups in total. The normalized spacial score (nSPS) is 16.0. The highest BCUT2D eigenvalue weighted by molar-refractivity contribution is 5.77. The maximum atomic E-state index is 11.7. The molecule has 0 spiro atoms. The number of unbranched alkanes of at least 4 members (excludes halogenated alkanes) is 1. The van der Waals surface area contributed by atoms with Crippen LogP contribution in [0.5, 0.6) is 0 Å². The average Bonchev–Trinajstić information content (AvgIpc) is 2.33. The number of aliphatic hydroxyl groups is 1. The molecule has 100 valence electrons. The van der Waals surface area contributed by atoms with E-state index in [0.717, 1.165) is 12.8 Å². The van der Waals surface area contributed by atoms with Crippen molar-refractivity contribution in [2.45, 2.75) is 39.2 Å². The maximum Gasteiger partial charge on any atom is 0.314 e. The van der Waals surface area contributed by atoms with Gasteiger partial charge in [-0.15, -0.1) is 6.58 Å². The molecule has 0 aromatic rings. The van der Waals surface area contributed by atoms with Gasteiger partial charge in [-0.05, 0) is 19.8 Å². The molecular formula is C13H24O4. The standard InChI is InChI=1S/C13H24O4/c1-5-7-9-17-10-11(14)13(3,8-6-2)12(15)16-4/h6,11,14H,2,5,7-10H2,1,3-4H3/t11-,13+/m1/s1. The predicted molar refractivity (Wildman–Crippen MR) is 66.7 cm³/mol. The Morgan fingerprint density at radius 2 is 2.24 bits per heavy atom. The van der Waals surface area contributed by atoms with E-state index in [1.54, 1.807) is 13.0 Å². The van der Waals surface area contributed by atoms with Gasteiger partial charge < -0.3 is 14.6 Å². The Hall–Kier alpha value is -0.870. The highest BCUT2D eigenvalue weighted by Gasteiger charge is 2.40. The topological polar surface area (TPSA) is 55.8 Å². The van der Waals surface area contributed by atoms with E-state index in [9.17, 15) is 9.90 Å². The Balaban J connectivity index is 4.37. The lowest BCUT2D eigenvalue weighted by molar-refractivity contribution is -0.161. The van der Waals surface area contributed by atoms with Crippen LogP contribution >= 0.6 is 0 Å². The summed E-state index contributed by atoms with van der Waals surface area (Å²) in [6.07, 6.45) is 3.06. The maximum absolute atomic E-state index is 11.7.